The molecule has 6 rings (SSSR count). The van der Waals surface area contributed by atoms with E-state index in [0.29, 0.717) is 46.6 Å². The highest BCUT2D eigenvalue weighted by Gasteiger charge is 2.29. The summed E-state index contributed by atoms with van der Waals surface area (Å²) in [5.41, 5.74) is 7.27. The van der Waals surface area contributed by atoms with Gasteiger partial charge >= 0.3 is 0 Å². The van der Waals surface area contributed by atoms with Crippen LogP contribution in [0.5, 0.6) is 5.75 Å². The second-order valence-electron chi connectivity index (χ2n) is 8.42. The molecular weight excluding hydrogens is 438 g/mol. The number of halogens is 1. The first-order valence-corrected chi connectivity index (χ1v) is 11.4. The minimum atomic E-state index is -0.118. The molecular formula is C25H22ClN5O2. The van der Waals surface area contributed by atoms with Crippen LogP contribution in [0.2, 0.25) is 5.02 Å². The third-order valence-corrected chi connectivity index (χ3v) is 6.56. The standard InChI is InChI=1S/C25H22ClN5O2/c1-33-24-15(26)3-2-4-19(24)31-23-20-17(10-12-28-25(20)32)30-22(23)14-9-11-27-18-8-7-16(13-5-6-13)29-21(14)18/h2-4,7-9,11,13,30-31H,5-6,10,12H2,1H3,(H,28,32). The number of aromatic amines is 1. The number of carbonyl (C=O) groups excluding carboxylic acids is 1. The van der Waals surface area contributed by atoms with Gasteiger partial charge in [-0.3, -0.25) is 14.8 Å². The first-order valence-electron chi connectivity index (χ1n) is 11.0. The number of anilines is 2. The Bertz CT molecular complexity index is 1410. The topological polar surface area (TPSA) is 91.9 Å². The van der Waals surface area contributed by atoms with Crippen LogP contribution in [0.4, 0.5) is 11.4 Å². The second kappa shape index (κ2) is 7.78. The van der Waals surface area contributed by atoms with Gasteiger partial charge < -0.3 is 20.4 Å². The molecule has 1 aliphatic heterocycles. The molecule has 0 spiro atoms. The predicted octanol–water partition coefficient (Wildman–Crippen LogP) is 5.19. The molecule has 1 amide bonds. The fourth-order valence-corrected chi connectivity index (χ4v) is 4.76. The lowest BCUT2D eigenvalue weighted by Gasteiger charge is -2.17. The van der Waals surface area contributed by atoms with Crippen molar-refractivity contribution < 1.29 is 9.53 Å². The van der Waals surface area contributed by atoms with E-state index in [9.17, 15) is 4.79 Å². The van der Waals surface area contributed by atoms with Crippen LogP contribution >= 0.6 is 11.6 Å². The second-order valence-corrected chi connectivity index (χ2v) is 8.82. The number of pyridine rings is 2. The highest BCUT2D eigenvalue weighted by molar-refractivity contribution is 6.32. The number of H-pyrrole nitrogens is 1. The lowest BCUT2D eigenvalue weighted by atomic mass is 10.0. The van der Waals surface area contributed by atoms with E-state index in [2.05, 4.69) is 26.7 Å². The summed E-state index contributed by atoms with van der Waals surface area (Å²) in [6.45, 7) is 0.590. The normalized spacial score (nSPS) is 15.3. The van der Waals surface area contributed by atoms with Gasteiger partial charge in [0.15, 0.2) is 5.75 Å². The number of fused-ring (bicyclic) bond motifs is 2. The minimum Gasteiger partial charge on any atom is -0.493 e. The summed E-state index contributed by atoms with van der Waals surface area (Å²) in [5.74, 6) is 0.927. The summed E-state index contributed by atoms with van der Waals surface area (Å²) in [5, 5.41) is 6.88. The largest absolute Gasteiger partial charge is 0.493 e. The van der Waals surface area contributed by atoms with Gasteiger partial charge in [-0.05, 0) is 43.2 Å². The number of carbonyl (C=O) groups is 1. The molecule has 0 radical (unpaired) electrons. The summed E-state index contributed by atoms with van der Waals surface area (Å²) in [6.07, 6.45) is 4.84. The molecule has 3 N–H and O–H groups in total. The zero-order chi connectivity index (χ0) is 22.5. The van der Waals surface area contributed by atoms with Gasteiger partial charge in [-0.25, -0.2) is 0 Å². The Kier molecular flexibility index (Phi) is 4.73. The molecule has 7 nitrogen and oxygen atoms in total. The van der Waals surface area contributed by atoms with Crippen LogP contribution in [0.25, 0.3) is 22.3 Å². The predicted molar refractivity (Wildman–Crippen MR) is 129 cm³/mol. The van der Waals surface area contributed by atoms with Crippen LogP contribution < -0.4 is 15.4 Å². The maximum Gasteiger partial charge on any atom is 0.255 e. The third kappa shape index (κ3) is 3.40. The molecule has 0 unspecified atom stereocenters. The van der Waals surface area contributed by atoms with Crippen molar-refractivity contribution in [1.29, 1.82) is 0 Å². The van der Waals surface area contributed by atoms with E-state index in [1.165, 1.54) is 12.8 Å². The highest BCUT2D eigenvalue weighted by Crippen LogP contribution is 2.43. The fourth-order valence-electron chi connectivity index (χ4n) is 4.50. The molecule has 3 aromatic heterocycles. The van der Waals surface area contributed by atoms with Gasteiger partial charge in [0.05, 0.1) is 45.8 Å². The average Bonchev–Trinajstić information content (AvgIpc) is 3.61. The van der Waals surface area contributed by atoms with Gasteiger partial charge in [0.1, 0.15) is 0 Å². The van der Waals surface area contributed by atoms with E-state index < -0.39 is 0 Å². The van der Waals surface area contributed by atoms with E-state index >= 15 is 0 Å². The summed E-state index contributed by atoms with van der Waals surface area (Å²) < 4.78 is 5.53. The zero-order valence-electron chi connectivity index (χ0n) is 18.0. The number of para-hydroxylation sites is 1. The first kappa shape index (κ1) is 20.1. The smallest absolute Gasteiger partial charge is 0.255 e. The Labute approximate surface area is 195 Å². The van der Waals surface area contributed by atoms with Crippen molar-refractivity contribution in [1.82, 2.24) is 20.3 Å². The number of aromatic nitrogens is 3. The molecule has 33 heavy (non-hydrogen) atoms. The van der Waals surface area contributed by atoms with Gasteiger partial charge in [-0.2, -0.15) is 0 Å². The number of benzene rings is 1. The van der Waals surface area contributed by atoms with Crippen LogP contribution in [0.1, 0.15) is 40.5 Å². The number of nitrogens with zero attached hydrogens (tertiary/aromatic N) is 2. The van der Waals surface area contributed by atoms with Crippen LogP contribution in [-0.4, -0.2) is 34.5 Å². The Morgan fingerprint density at radius 2 is 2.06 bits per heavy atom. The SMILES string of the molecule is COc1c(Cl)cccc1Nc1c(-c2ccnc3ccc(C4CC4)nc23)[nH]c2c1C(=O)NCC2. The maximum atomic E-state index is 12.9. The van der Waals surface area contributed by atoms with E-state index in [1.807, 2.05) is 24.3 Å². The summed E-state index contributed by atoms with van der Waals surface area (Å²) in [7, 11) is 1.58. The number of nitrogens with one attached hydrogen (secondary N) is 3. The Hall–Kier alpha value is -3.58. The van der Waals surface area contributed by atoms with E-state index in [1.54, 1.807) is 19.4 Å². The molecule has 0 atom stereocenters. The van der Waals surface area contributed by atoms with Crippen molar-refractivity contribution in [3.8, 4) is 17.0 Å². The van der Waals surface area contributed by atoms with Crippen molar-refractivity contribution in [3.05, 3.63) is 64.6 Å². The lowest BCUT2D eigenvalue weighted by molar-refractivity contribution is 0.0947. The molecule has 1 fully saturated rings. The molecule has 4 heterocycles. The van der Waals surface area contributed by atoms with Crippen LogP contribution in [0.15, 0.2) is 42.6 Å². The Balaban J connectivity index is 1.57. The zero-order valence-corrected chi connectivity index (χ0v) is 18.8. The van der Waals surface area contributed by atoms with Crippen molar-refractivity contribution >= 4 is 39.9 Å². The summed E-state index contributed by atoms with van der Waals surface area (Å²) in [4.78, 5) is 25.9. The minimum absolute atomic E-state index is 0.118. The number of hydrogen-bond donors (Lipinski definition) is 3. The summed E-state index contributed by atoms with van der Waals surface area (Å²) >= 11 is 6.36. The van der Waals surface area contributed by atoms with E-state index in [-0.39, 0.29) is 5.91 Å². The number of methoxy groups -OCH3 is 1. The van der Waals surface area contributed by atoms with Gasteiger partial charge in [0.25, 0.3) is 5.91 Å². The van der Waals surface area contributed by atoms with E-state index in [0.717, 1.165) is 33.7 Å². The molecule has 0 bridgehead atoms. The van der Waals surface area contributed by atoms with Gasteiger partial charge in [0, 0.05) is 42.0 Å². The Morgan fingerprint density at radius 1 is 1.18 bits per heavy atom. The monoisotopic (exact) mass is 459 g/mol. The quantitative estimate of drug-likeness (QED) is 0.382. The van der Waals surface area contributed by atoms with Crippen LogP contribution in [0, 0.1) is 0 Å². The first-order chi connectivity index (χ1) is 16.1. The average molecular weight is 460 g/mol. The molecule has 4 aromatic rings. The highest BCUT2D eigenvalue weighted by atomic mass is 35.5. The molecule has 1 aliphatic carbocycles. The van der Waals surface area contributed by atoms with Crippen molar-refractivity contribution in [2.24, 2.45) is 0 Å². The third-order valence-electron chi connectivity index (χ3n) is 6.27. The number of hydrogen-bond acceptors (Lipinski definition) is 5. The Morgan fingerprint density at radius 3 is 2.88 bits per heavy atom. The lowest BCUT2D eigenvalue weighted by Crippen LogP contribution is -2.31. The molecule has 8 heteroatoms. The fraction of sp³-hybridized carbons (Fsp3) is 0.240. The van der Waals surface area contributed by atoms with Crippen LogP contribution in [-0.2, 0) is 6.42 Å². The number of rotatable bonds is 5. The molecule has 166 valence electrons. The molecule has 1 saturated carbocycles. The van der Waals surface area contributed by atoms with Gasteiger partial charge in [-0.15, -0.1) is 0 Å². The van der Waals surface area contributed by atoms with Crippen molar-refractivity contribution in [2.45, 2.75) is 25.2 Å². The number of ether oxygens (including phenoxy) is 1. The van der Waals surface area contributed by atoms with Crippen molar-refractivity contribution in [3.63, 3.8) is 0 Å². The molecule has 0 saturated heterocycles. The number of amides is 1. The maximum absolute atomic E-state index is 12.9. The van der Waals surface area contributed by atoms with Gasteiger partial charge in [-0.1, -0.05) is 17.7 Å². The molecule has 1 aromatic carbocycles. The van der Waals surface area contributed by atoms with Gasteiger partial charge in [0.2, 0.25) is 0 Å². The summed E-state index contributed by atoms with van der Waals surface area (Å²) in [6, 6.07) is 11.5. The molecule has 2 aliphatic rings. The van der Waals surface area contributed by atoms with Crippen molar-refractivity contribution in [2.75, 3.05) is 19.0 Å². The van der Waals surface area contributed by atoms with Crippen LogP contribution in [0.3, 0.4) is 0 Å². The van der Waals surface area contributed by atoms with E-state index in [4.69, 9.17) is 21.3 Å².